The Labute approximate surface area is 99.2 Å². The van der Waals surface area contributed by atoms with Crippen molar-refractivity contribution in [1.29, 1.82) is 0 Å². The van der Waals surface area contributed by atoms with Gasteiger partial charge in [0.15, 0.2) is 0 Å². The molecule has 4 atom stereocenters. The molecule has 0 unspecified atom stereocenters. The zero-order valence-corrected chi connectivity index (χ0v) is 11.0. The molecule has 2 heteroatoms. The largest absolute Gasteiger partial charge is 0.353 e. The van der Waals surface area contributed by atoms with Crippen LogP contribution in [0.15, 0.2) is 0 Å². The summed E-state index contributed by atoms with van der Waals surface area (Å²) in [5.41, 5.74) is -0.258. The number of carbonyl (C=O) groups is 1. The van der Waals surface area contributed by atoms with E-state index in [9.17, 15) is 4.79 Å². The van der Waals surface area contributed by atoms with Gasteiger partial charge < -0.3 is 5.32 Å². The highest BCUT2D eigenvalue weighted by Crippen LogP contribution is 2.49. The number of hydrogen-bond donors (Lipinski definition) is 1. The van der Waals surface area contributed by atoms with Gasteiger partial charge in [-0.2, -0.15) is 0 Å². The average molecular weight is 223 g/mol. The summed E-state index contributed by atoms with van der Waals surface area (Å²) in [5, 5.41) is 3.21. The van der Waals surface area contributed by atoms with Crippen molar-refractivity contribution >= 4 is 5.91 Å². The molecule has 1 N–H and O–H groups in total. The van der Waals surface area contributed by atoms with Gasteiger partial charge in [-0.15, -0.1) is 0 Å². The van der Waals surface area contributed by atoms with Gasteiger partial charge in [0.05, 0.1) is 0 Å². The van der Waals surface area contributed by atoms with Gasteiger partial charge in [-0.3, -0.25) is 4.79 Å². The quantitative estimate of drug-likeness (QED) is 0.766. The van der Waals surface area contributed by atoms with E-state index in [1.54, 1.807) is 0 Å². The van der Waals surface area contributed by atoms with E-state index in [4.69, 9.17) is 0 Å². The van der Waals surface area contributed by atoms with Crippen molar-refractivity contribution in [2.75, 3.05) is 0 Å². The summed E-state index contributed by atoms with van der Waals surface area (Å²) < 4.78 is 0. The van der Waals surface area contributed by atoms with E-state index >= 15 is 0 Å². The Hall–Kier alpha value is -0.530. The summed E-state index contributed by atoms with van der Waals surface area (Å²) >= 11 is 0. The second-order valence-corrected chi connectivity index (χ2v) is 6.85. The second kappa shape index (κ2) is 4.05. The first-order valence-electron chi connectivity index (χ1n) is 6.69. The van der Waals surface area contributed by atoms with Crippen molar-refractivity contribution < 1.29 is 4.79 Å². The van der Waals surface area contributed by atoms with Crippen LogP contribution in [0, 0.1) is 23.2 Å². The van der Waals surface area contributed by atoms with Crippen LogP contribution in [0.2, 0.25) is 0 Å². The van der Waals surface area contributed by atoms with Gasteiger partial charge >= 0.3 is 0 Å². The Kier molecular flexibility index (Phi) is 3.02. The van der Waals surface area contributed by atoms with Crippen LogP contribution in [0.4, 0.5) is 0 Å². The van der Waals surface area contributed by atoms with Crippen LogP contribution in [0.25, 0.3) is 0 Å². The number of rotatable bonds is 2. The summed E-state index contributed by atoms with van der Waals surface area (Å²) in [4.78, 5) is 11.9. The summed E-state index contributed by atoms with van der Waals surface area (Å²) in [7, 11) is 0. The molecular weight excluding hydrogens is 198 g/mol. The molecular formula is C14H25NO. The summed E-state index contributed by atoms with van der Waals surface area (Å²) in [6.07, 6.45) is 5.59. The molecule has 0 radical (unpaired) electrons. The molecule has 2 nitrogen and oxygen atoms in total. The lowest BCUT2D eigenvalue weighted by Gasteiger charge is -2.30. The molecule has 2 saturated carbocycles. The molecule has 2 aliphatic carbocycles. The molecule has 0 aromatic carbocycles. The third-order valence-corrected chi connectivity index (χ3v) is 4.47. The van der Waals surface area contributed by atoms with E-state index < -0.39 is 0 Å². The molecule has 0 aliphatic heterocycles. The molecule has 2 aliphatic rings. The van der Waals surface area contributed by atoms with E-state index in [1.165, 1.54) is 25.7 Å². The van der Waals surface area contributed by atoms with E-state index in [0.29, 0.717) is 6.04 Å². The molecule has 0 spiro atoms. The predicted octanol–water partition coefficient (Wildman–Crippen LogP) is 2.97. The molecule has 1 amide bonds. The molecule has 0 heterocycles. The lowest BCUT2D eigenvalue weighted by Crippen LogP contribution is -2.44. The first-order valence-corrected chi connectivity index (χ1v) is 6.69. The maximum absolute atomic E-state index is 11.9. The standard InChI is InChI=1S/C14H25NO/c1-9(15-13(16)14(2,3)4)12-8-10-5-6-11(12)7-10/h9-12H,5-8H2,1-4H3,(H,15,16)/t9-,10-,11-,12-/m0/s1. The van der Waals surface area contributed by atoms with E-state index in [-0.39, 0.29) is 11.3 Å². The Balaban J connectivity index is 1.89. The van der Waals surface area contributed by atoms with E-state index in [2.05, 4.69) is 12.2 Å². The molecule has 0 saturated heterocycles. The van der Waals surface area contributed by atoms with Crippen molar-refractivity contribution in [3.63, 3.8) is 0 Å². The minimum absolute atomic E-state index is 0.197. The van der Waals surface area contributed by atoms with Gasteiger partial charge in [-0.1, -0.05) is 27.2 Å². The first-order chi connectivity index (χ1) is 7.38. The van der Waals surface area contributed by atoms with Crippen molar-refractivity contribution in [1.82, 2.24) is 5.32 Å². The fourth-order valence-corrected chi connectivity index (χ4v) is 3.44. The van der Waals surface area contributed by atoms with Gasteiger partial charge in [0, 0.05) is 11.5 Å². The third-order valence-electron chi connectivity index (χ3n) is 4.47. The van der Waals surface area contributed by atoms with Gasteiger partial charge in [0.1, 0.15) is 0 Å². The van der Waals surface area contributed by atoms with Gasteiger partial charge in [-0.05, 0) is 43.9 Å². The smallest absolute Gasteiger partial charge is 0.225 e. The maximum Gasteiger partial charge on any atom is 0.225 e. The van der Waals surface area contributed by atoms with Crippen molar-refractivity contribution in [2.24, 2.45) is 23.2 Å². The van der Waals surface area contributed by atoms with Crippen LogP contribution < -0.4 is 5.32 Å². The van der Waals surface area contributed by atoms with Crippen LogP contribution >= 0.6 is 0 Å². The van der Waals surface area contributed by atoms with Gasteiger partial charge in [0.2, 0.25) is 5.91 Å². The predicted molar refractivity (Wildman–Crippen MR) is 66.0 cm³/mol. The molecule has 0 aromatic rings. The average Bonchev–Trinajstić information content (AvgIpc) is 2.76. The van der Waals surface area contributed by atoms with Crippen LogP contribution in [0.5, 0.6) is 0 Å². The van der Waals surface area contributed by atoms with Gasteiger partial charge in [-0.25, -0.2) is 0 Å². The van der Waals surface area contributed by atoms with Crippen LogP contribution in [-0.2, 0) is 4.79 Å². The zero-order valence-electron chi connectivity index (χ0n) is 11.0. The zero-order chi connectivity index (χ0) is 11.9. The fourth-order valence-electron chi connectivity index (χ4n) is 3.44. The van der Waals surface area contributed by atoms with Crippen molar-refractivity contribution in [2.45, 2.75) is 59.4 Å². The monoisotopic (exact) mass is 223 g/mol. The van der Waals surface area contributed by atoms with Crippen molar-refractivity contribution in [3.05, 3.63) is 0 Å². The highest BCUT2D eigenvalue weighted by atomic mass is 16.2. The fraction of sp³-hybridized carbons (Fsp3) is 0.929. The molecule has 2 fully saturated rings. The van der Waals surface area contributed by atoms with Crippen LogP contribution in [0.3, 0.4) is 0 Å². The molecule has 92 valence electrons. The minimum atomic E-state index is -0.258. The normalized spacial score (nSPS) is 35.1. The third kappa shape index (κ3) is 2.26. The van der Waals surface area contributed by atoms with Crippen LogP contribution in [-0.4, -0.2) is 11.9 Å². The molecule has 2 rings (SSSR count). The summed E-state index contributed by atoms with van der Waals surface area (Å²) in [6.45, 7) is 8.14. The number of carbonyl (C=O) groups excluding carboxylic acids is 1. The Morgan fingerprint density at radius 3 is 2.38 bits per heavy atom. The van der Waals surface area contributed by atoms with E-state index in [1.807, 2.05) is 20.8 Å². The molecule has 16 heavy (non-hydrogen) atoms. The number of fused-ring (bicyclic) bond motifs is 2. The Morgan fingerprint density at radius 2 is 1.94 bits per heavy atom. The number of nitrogens with one attached hydrogen (secondary N) is 1. The minimum Gasteiger partial charge on any atom is -0.353 e. The SMILES string of the molecule is C[C@H](NC(=O)C(C)(C)C)[C@@H]1C[C@H]2CC[C@H]1C2. The molecule has 0 aromatic heterocycles. The Bertz CT molecular complexity index is 279. The van der Waals surface area contributed by atoms with Crippen molar-refractivity contribution in [3.8, 4) is 0 Å². The number of amides is 1. The topological polar surface area (TPSA) is 29.1 Å². The second-order valence-electron chi connectivity index (χ2n) is 6.85. The maximum atomic E-state index is 11.9. The lowest BCUT2D eigenvalue weighted by atomic mass is 9.83. The Morgan fingerprint density at radius 1 is 1.25 bits per heavy atom. The summed E-state index contributed by atoms with van der Waals surface area (Å²) in [6, 6.07) is 0.363. The number of hydrogen-bond acceptors (Lipinski definition) is 1. The summed E-state index contributed by atoms with van der Waals surface area (Å²) in [5.74, 6) is 2.79. The van der Waals surface area contributed by atoms with Gasteiger partial charge in [0.25, 0.3) is 0 Å². The first kappa shape index (κ1) is 11.9. The molecule has 2 bridgehead atoms. The van der Waals surface area contributed by atoms with Crippen LogP contribution in [0.1, 0.15) is 53.4 Å². The highest BCUT2D eigenvalue weighted by Gasteiger charge is 2.42. The highest BCUT2D eigenvalue weighted by molar-refractivity contribution is 5.81. The lowest BCUT2D eigenvalue weighted by molar-refractivity contribution is -0.129. The van der Waals surface area contributed by atoms with E-state index in [0.717, 1.165) is 17.8 Å².